The Morgan fingerprint density at radius 3 is 2.62 bits per heavy atom. The number of phenols is 1. The Morgan fingerprint density at radius 2 is 1.94 bits per heavy atom. The van der Waals surface area contributed by atoms with Crippen LogP contribution in [0.4, 0.5) is 5.82 Å². The number of rotatable bonds is 7. The summed E-state index contributed by atoms with van der Waals surface area (Å²) in [6.07, 6.45) is 7.93. The number of ether oxygens (including phenoxy) is 1. The molecule has 8 heteroatoms. The van der Waals surface area contributed by atoms with Gasteiger partial charge in [0.2, 0.25) is 10.0 Å². The number of pyridine rings is 1. The highest BCUT2D eigenvalue weighted by Crippen LogP contribution is 2.35. The van der Waals surface area contributed by atoms with Gasteiger partial charge in [0.1, 0.15) is 11.6 Å². The predicted molar refractivity (Wildman–Crippen MR) is 125 cm³/mol. The second-order valence-corrected chi connectivity index (χ2v) is 10.9. The Morgan fingerprint density at radius 1 is 1.12 bits per heavy atom. The maximum Gasteiger partial charge on any atom is 0.208 e. The molecule has 1 aromatic carbocycles. The van der Waals surface area contributed by atoms with Crippen LogP contribution in [0.5, 0.6) is 5.75 Å². The molecule has 2 N–H and O–H groups in total. The van der Waals surface area contributed by atoms with Gasteiger partial charge in [-0.2, -0.15) is 0 Å². The van der Waals surface area contributed by atoms with Crippen molar-refractivity contribution < 1.29 is 18.3 Å². The average molecular weight is 460 g/mol. The Hall–Kier alpha value is -2.16. The summed E-state index contributed by atoms with van der Waals surface area (Å²) in [4.78, 5) is 6.67. The lowest BCUT2D eigenvalue weighted by atomic mass is 9.82. The predicted octanol–water partition coefficient (Wildman–Crippen LogP) is 3.27. The third-order valence-electron chi connectivity index (χ3n) is 6.63. The molecule has 0 bridgehead atoms. The third-order valence-corrected chi connectivity index (χ3v) is 7.37. The number of piperidine rings is 1. The smallest absolute Gasteiger partial charge is 0.208 e. The summed E-state index contributed by atoms with van der Waals surface area (Å²) in [5.41, 5.74) is 1.19. The number of benzene rings is 1. The summed E-state index contributed by atoms with van der Waals surface area (Å²) in [6, 6.07) is 13.3. The largest absolute Gasteiger partial charge is 0.508 e. The fourth-order valence-electron chi connectivity index (χ4n) is 4.98. The molecule has 7 nitrogen and oxygen atoms in total. The first-order chi connectivity index (χ1) is 15.4. The van der Waals surface area contributed by atoms with Gasteiger partial charge in [-0.15, -0.1) is 0 Å². The highest BCUT2D eigenvalue weighted by atomic mass is 32.2. The maximum absolute atomic E-state index is 11.9. The van der Waals surface area contributed by atoms with Crippen molar-refractivity contribution in [2.45, 2.75) is 50.2 Å². The molecule has 2 aromatic rings. The Labute approximate surface area is 190 Å². The van der Waals surface area contributed by atoms with E-state index in [1.165, 1.54) is 11.8 Å². The van der Waals surface area contributed by atoms with E-state index in [1.807, 2.05) is 30.3 Å². The van der Waals surface area contributed by atoms with Gasteiger partial charge in [0.25, 0.3) is 0 Å². The van der Waals surface area contributed by atoms with E-state index in [0.29, 0.717) is 24.8 Å². The molecule has 0 spiro atoms. The average Bonchev–Trinajstić information content (AvgIpc) is 2.78. The SMILES string of the molecule is CS(=O)(=O)NC1CCN(c2ccccn2)CC1COC1CCC(c2cccc(O)c2)CC1. The van der Waals surface area contributed by atoms with Crippen LogP contribution in [0, 0.1) is 5.92 Å². The number of phenolic OH excluding ortho intramolecular Hbond substituents is 1. The van der Waals surface area contributed by atoms with E-state index < -0.39 is 10.0 Å². The molecule has 4 rings (SSSR count). The van der Waals surface area contributed by atoms with Crippen molar-refractivity contribution in [2.75, 3.05) is 30.9 Å². The van der Waals surface area contributed by atoms with Gasteiger partial charge in [-0.25, -0.2) is 18.1 Å². The van der Waals surface area contributed by atoms with Crippen molar-refractivity contribution in [3.05, 3.63) is 54.2 Å². The fourth-order valence-corrected chi connectivity index (χ4v) is 5.84. The van der Waals surface area contributed by atoms with Gasteiger partial charge >= 0.3 is 0 Å². The third kappa shape index (κ3) is 6.21. The van der Waals surface area contributed by atoms with Crippen LogP contribution in [0.3, 0.4) is 0 Å². The molecule has 0 radical (unpaired) electrons. The molecule has 2 aliphatic rings. The molecule has 1 aliphatic heterocycles. The normalized spacial score (nSPS) is 26.7. The molecule has 0 amide bonds. The van der Waals surface area contributed by atoms with E-state index in [-0.39, 0.29) is 18.1 Å². The standard InChI is InChI=1S/C24H33N3O4S/c1-32(29,30)26-23-12-14-27(24-7-2-3-13-25-24)16-20(23)17-31-22-10-8-18(9-11-22)19-5-4-6-21(28)15-19/h2-7,13,15,18,20,22-23,26,28H,8-12,14,16-17H2,1H3. The number of hydrogen-bond donors (Lipinski definition) is 2. The van der Waals surface area contributed by atoms with E-state index >= 15 is 0 Å². The minimum atomic E-state index is -3.28. The highest BCUT2D eigenvalue weighted by Gasteiger charge is 2.33. The van der Waals surface area contributed by atoms with E-state index in [9.17, 15) is 13.5 Å². The summed E-state index contributed by atoms with van der Waals surface area (Å²) in [6.45, 7) is 2.00. The quantitative estimate of drug-likeness (QED) is 0.660. The minimum Gasteiger partial charge on any atom is -0.508 e. The number of nitrogens with zero attached hydrogens (tertiary/aromatic N) is 2. The van der Waals surface area contributed by atoms with Crippen molar-refractivity contribution in [2.24, 2.45) is 5.92 Å². The van der Waals surface area contributed by atoms with Crippen molar-refractivity contribution in [3.8, 4) is 5.75 Å². The molecule has 2 atom stereocenters. The molecular weight excluding hydrogens is 426 g/mol. The highest BCUT2D eigenvalue weighted by molar-refractivity contribution is 7.88. The first-order valence-electron chi connectivity index (χ1n) is 11.4. The van der Waals surface area contributed by atoms with E-state index in [1.54, 1.807) is 12.3 Å². The zero-order valence-electron chi connectivity index (χ0n) is 18.6. The fraction of sp³-hybridized carbons (Fsp3) is 0.542. The monoisotopic (exact) mass is 459 g/mol. The maximum atomic E-state index is 11.9. The van der Waals surface area contributed by atoms with E-state index in [2.05, 4.69) is 20.7 Å². The summed E-state index contributed by atoms with van der Waals surface area (Å²) in [5, 5.41) is 9.75. The number of sulfonamides is 1. The van der Waals surface area contributed by atoms with Crippen LogP contribution >= 0.6 is 0 Å². The molecule has 1 saturated heterocycles. The summed E-state index contributed by atoms with van der Waals surface area (Å²) in [7, 11) is -3.28. The topological polar surface area (TPSA) is 91.8 Å². The summed E-state index contributed by atoms with van der Waals surface area (Å²) < 4.78 is 33.0. The molecular formula is C24H33N3O4S. The molecule has 1 aromatic heterocycles. The first kappa shape index (κ1) is 23.0. The Kier molecular flexibility index (Phi) is 7.33. The van der Waals surface area contributed by atoms with Gasteiger partial charge in [-0.05, 0) is 67.9 Å². The molecule has 32 heavy (non-hydrogen) atoms. The summed E-state index contributed by atoms with van der Waals surface area (Å²) in [5.74, 6) is 1.75. The summed E-state index contributed by atoms with van der Waals surface area (Å²) >= 11 is 0. The van der Waals surface area contributed by atoms with Crippen LogP contribution < -0.4 is 9.62 Å². The Bertz CT molecular complexity index is 978. The van der Waals surface area contributed by atoms with Crippen molar-refractivity contribution >= 4 is 15.8 Å². The molecule has 2 unspecified atom stereocenters. The van der Waals surface area contributed by atoms with Crippen LogP contribution in [-0.4, -0.2) is 56.6 Å². The molecule has 174 valence electrons. The van der Waals surface area contributed by atoms with E-state index in [0.717, 1.165) is 44.5 Å². The van der Waals surface area contributed by atoms with Crippen molar-refractivity contribution in [3.63, 3.8) is 0 Å². The molecule has 2 heterocycles. The van der Waals surface area contributed by atoms with Crippen molar-refractivity contribution in [1.29, 1.82) is 0 Å². The number of aromatic nitrogens is 1. The number of aromatic hydroxyl groups is 1. The van der Waals surface area contributed by atoms with Gasteiger partial charge in [0.15, 0.2) is 0 Å². The zero-order chi connectivity index (χ0) is 22.6. The number of hydrogen-bond acceptors (Lipinski definition) is 6. The van der Waals surface area contributed by atoms with Crippen LogP contribution in [0.15, 0.2) is 48.7 Å². The van der Waals surface area contributed by atoms with Crippen LogP contribution in [-0.2, 0) is 14.8 Å². The van der Waals surface area contributed by atoms with Gasteiger partial charge in [0.05, 0.1) is 19.0 Å². The lowest BCUT2D eigenvalue weighted by molar-refractivity contribution is -0.00214. The van der Waals surface area contributed by atoms with Crippen LogP contribution in [0.1, 0.15) is 43.6 Å². The first-order valence-corrected chi connectivity index (χ1v) is 13.3. The second-order valence-electron chi connectivity index (χ2n) is 9.08. The second kappa shape index (κ2) is 10.2. The van der Waals surface area contributed by atoms with Gasteiger partial charge in [-0.1, -0.05) is 18.2 Å². The van der Waals surface area contributed by atoms with Gasteiger partial charge in [-0.3, -0.25) is 0 Å². The minimum absolute atomic E-state index is 0.0595. The molecule has 2 fully saturated rings. The van der Waals surface area contributed by atoms with E-state index in [4.69, 9.17) is 4.74 Å². The van der Waals surface area contributed by atoms with Gasteiger partial charge < -0.3 is 14.7 Å². The molecule has 1 saturated carbocycles. The lowest BCUT2D eigenvalue weighted by Gasteiger charge is -2.40. The number of nitrogens with one attached hydrogen (secondary N) is 1. The van der Waals surface area contributed by atoms with Crippen LogP contribution in [0.25, 0.3) is 0 Å². The Balaban J connectivity index is 1.34. The zero-order valence-corrected chi connectivity index (χ0v) is 19.4. The van der Waals surface area contributed by atoms with Crippen LogP contribution in [0.2, 0.25) is 0 Å². The van der Waals surface area contributed by atoms with Gasteiger partial charge in [0, 0.05) is 31.2 Å². The lowest BCUT2D eigenvalue weighted by Crippen LogP contribution is -2.52. The van der Waals surface area contributed by atoms with Crippen molar-refractivity contribution in [1.82, 2.24) is 9.71 Å². The number of anilines is 1. The molecule has 1 aliphatic carbocycles.